The van der Waals surface area contributed by atoms with Crippen LogP contribution < -0.4 is 5.32 Å². The van der Waals surface area contributed by atoms with Crippen molar-refractivity contribution in [2.45, 2.75) is 33.1 Å². The molecule has 1 saturated heterocycles. The van der Waals surface area contributed by atoms with E-state index in [1.54, 1.807) is 18.2 Å². The van der Waals surface area contributed by atoms with Gasteiger partial charge in [0, 0.05) is 25.3 Å². The highest BCUT2D eigenvalue weighted by Gasteiger charge is 2.23. The summed E-state index contributed by atoms with van der Waals surface area (Å²) < 4.78 is 12.9. The van der Waals surface area contributed by atoms with Crippen LogP contribution in [0.4, 0.5) is 10.3 Å². The van der Waals surface area contributed by atoms with Crippen molar-refractivity contribution in [3.63, 3.8) is 0 Å². The Bertz CT molecular complexity index is 755. The molecule has 0 aliphatic carbocycles. The number of carbonyl (C=O) groups is 1. The number of aryl methyl sites for hydroxylation is 1. The lowest BCUT2D eigenvalue weighted by atomic mass is 9.99. The van der Waals surface area contributed by atoms with Gasteiger partial charge in [-0.25, -0.2) is 14.4 Å². The molecule has 1 aromatic heterocycles. The van der Waals surface area contributed by atoms with E-state index in [0.717, 1.165) is 43.6 Å². The molecule has 0 atom stereocenters. The summed E-state index contributed by atoms with van der Waals surface area (Å²) in [5, 5.41) is 3.17. The fraction of sp³-hybridized carbons (Fsp3) is 0.450. The van der Waals surface area contributed by atoms with Crippen molar-refractivity contribution in [2.75, 3.05) is 25.0 Å². The van der Waals surface area contributed by atoms with E-state index < -0.39 is 0 Å². The SMILES string of the molecule is Cc1cc(C(=O)N2CCC(C)CC2)nc(NCCc2ccc(F)cc2)n1. The Morgan fingerprint density at radius 2 is 1.92 bits per heavy atom. The predicted molar refractivity (Wildman–Crippen MR) is 99.7 cm³/mol. The van der Waals surface area contributed by atoms with Gasteiger partial charge in [-0.05, 0) is 55.9 Å². The molecular weight excluding hydrogens is 331 g/mol. The Morgan fingerprint density at radius 1 is 1.23 bits per heavy atom. The maximum Gasteiger partial charge on any atom is 0.272 e. The lowest BCUT2D eigenvalue weighted by molar-refractivity contribution is 0.0691. The third kappa shape index (κ3) is 4.77. The van der Waals surface area contributed by atoms with Crippen LogP contribution in [-0.4, -0.2) is 40.4 Å². The molecule has 6 heteroatoms. The largest absolute Gasteiger partial charge is 0.354 e. The molecule has 1 aliphatic heterocycles. The Kier molecular flexibility index (Phi) is 5.81. The molecule has 0 radical (unpaired) electrons. The van der Waals surface area contributed by atoms with Crippen molar-refractivity contribution >= 4 is 11.9 Å². The minimum absolute atomic E-state index is 0.0241. The highest BCUT2D eigenvalue weighted by molar-refractivity contribution is 5.92. The number of rotatable bonds is 5. The van der Waals surface area contributed by atoms with E-state index in [1.165, 1.54) is 12.1 Å². The fourth-order valence-electron chi connectivity index (χ4n) is 3.10. The first-order valence-corrected chi connectivity index (χ1v) is 9.14. The highest BCUT2D eigenvalue weighted by atomic mass is 19.1. The molecule has 0 spiro atoms. The van der Waals surface area contributed by atoms with E-state index in [-0.39, 0.29) is 11.7 Å². The normalized spacial score (nSPS) is 15.1. The molecule has 1 aliphatic rings. The third-order valence-corrected chi connectivity index (χ3v) is 4.75. The molecule has 1 amide bonds. The van der Waals surface area contributed by atoms with Crippen LogP contribution in [0.1, 0.15) is 41.5 Å². The Balaban J connectivity index is 1.61. The first-order chi connectivity index (χ1) is 12.5. The number of nitrogens with one attached hydrogen (secondary N) is 1. The van der Waals surface area contributed by atoms with Crippen LogP contribution in [0.2, 0.25) is 0 Å². The number of piperidine rings is 1. The van der Waals surface area contributed by atoms with Crippen LogP contribution in [0, 0.1) is 18.7 Å². The third-order valence-electron chi connectivity index (χ3n) is 4.75. The van der Waals surface area contributed by atoms with Gasteiger partial charge in [-0.15, -0.1) is 0 Å². The fourth-order valence-corrected chi connectivity index (χ4v) is 3.10. The molecule has 0 saturated carbocycles. The minimum Gasteiger partial charge on any atom is -0.354 e. The van der Waals surface area contributed by atoms with Gasteiger partial charge in [0.05, 0.1) is 0 Å². The summed E-state index contributed by atoms with van der Waals surface area (Å²) in [6.07, 6.45) is 2.81. The van der Waals surface area contributed by atoms with E-state index >= 15 is 0 Å². The first-order valence-electron chi connectivity index (χ1n) is 9.14. The molecule has 0 bridgehead atoms. The van der Waals surface area contributed by atoms with Gasteiger partial charge in [0.25, 0.3) is 5.91 Å². The molecule has 0 unspecified atom stereocenters. The second-order valence-corrected chi connectivity index (χ2v) is 7.00. The second-order valence-electron chi connectivity index (χ2n) is 7.00. The molecule has 1 fully saturated rings. The van der Waals surface area contributed by atoms with Gasteiger partial charge in [0.2, 0.25) is 5.95 Å². The Hall–Kier alpha value is -2.50. The number of carbonyl (C=O) groups excluding carboxylic acids is 1. The Morgan fingerprint density at radius 3 is 2.62 bits per heavy atom. The standard InChI is InChI=1S/C20H25FN4O/c1-14-8-11-25(12-9-14)19(26)18-13-15(2)23-20(24-18)22-10-7-16-3-5-17(21)6-4-16/h3-6,13-14H,7-12H2,1-2H3,(H,22,23,24). The van der Waals surface area contributed by atoms with Gasteiger partial charge in [0.15, 0.2) is 0 Å². The van der Waals surface area contributed by atoms with Crippen molar-refractivity contribution in [2.24, 2.45) is 5.92 Å². The number of hydrogen-bond donors (Lipinski definition) is 1. The summed E-state index contributed by atoms with van der Waals surface area (Å²) >= 11 is 0. The monoisotopic (exact) mass is 356 g/mol. The van der Waals surface area contributed by atoms with Crippen molar-refractivity contribution in [3.8, 4) is 0 Å². The predicted octanol–water partition coefficient (Wildman–Crippen LogP) is 3.45. The molecule has 1 aromatic carbocycles. The highest BCUT2D eigenvalue weighted by Crippen LogP contribution is 2.18. The zero-order chi connectivity index (χ0) is 18.5. The molecule has 1 N–H and O–H groups in total. The van der Waals surface area contributed by atoms with Crippen molar-refractivity contribution < 1.29 is 9.18 Å². The number of nitrogens with zero attached hydrogens (tertiary/aromatic N) is 3. The maximum atomic E-state index is 12.9. The molecule has 2 heterocycles. The molecule has 5 nitrogen and oxygen atoms in total. The number of hydrogen-bond acceptors (Lipinski definition) is 4. The number of likely N-dealkylation sites (tertiary alicyclic amines) is 1. The summed E-state index contributed by atoms with van der Waals surface area (Å²) in [6.45, 7) is 6.28. The quantitative estimate of drug-likeness (QED) is 0.891. The summed E-state index contributed by atoms with van der Waals surface area (Å²) in [5.74, 6) is 0.874. The maximum absolute atomic E-state index is 12.9. The van der Waals surface area contributed by atoms with Crippen LogP contribution >= 0.6 is 0 Å². The second kappa shape index (κ2) is 8.25. The molecule has 26 heavy (non-hydrogen) atoms. The Labute approximate surface area is 153 Å². The summed E-state index contributed by atoms with van der Waals surface area (Å²) in [6, 6.07) is 8.18. The van der Waals surface area contributed by atoms with Crippen molar-refractivity contribution in [1.82, 2.24) is 14.9 Å². The number of anilines is 1. The van der Waals surface area contributed by atoms with E-state index in [2.05, 4.69) is 22.2 Å². The van der Waals surface area contributed by atoms with E-state index in [9.17, 15) is 9.18 Å². The molecule has 2 aromatic rings. The van der Waals surface area contributed by atoms with Gasteiger partial charge < -0.3 is 10.2 Å². The van der Waals surface area contributed by atoms with Gasteiger partial charge in [-0.3, -0.25) is 4.79 Å². The van der Waals surface area contributed by atoms with Gasteiger partial charge in [-0.2, -0.15) is 0 Å². The lowest BCUT2D eigenvalue weighted by Crippen LogP contribution is -2.38. The summed E-state index contributed by atoms with van der Waals surface area (Å²) in [7, 11) is 0. The zero-order valence-corrected chi connectivity index (χ0v) is 15.3. The first kappa shape index (κ1) is 18.3. The van der Waals surface area contributed by atoms with Crippen LogP contribution in [0.5, 0.6) is 0 Å². The van der Waals surface area contributed by atoms with Gasteiger partial charge >= 0.3 is 0 Å². The topological polar surface area (TPSA) is 58.1 Å². The van der Waals surface area contributed by atoms with Gasteiger partial charge in [-0.1, -0.05) is 19.1 Å². The number of aromatic nitrogens is 2. The van der Waals surface area contributed by atoms with Crippen molar-refractivity contribution in [3.05, 3.63) is 53.1 Å². The summed E-state index contributed by atoms with van der Waals surface area (Å²) in [4.78, 5) is 23.4. The van der Waals surface area contributed by atoms with Crippen LogP contribution in [0.25, 0.3) is 0 Å². The van der Waals surface area contributed by atoms with Crippen molar-refractivity contribution in [1.29, 1.82) is 0 Å². The summed E-state index contributed by atoms with van der Waals surface area (Å²) in [5.41, 5.74) is 2.24. The van der Waals surface area contributed by atoms with Gasteiger partial charge in [0.1, 0.15) is 11.5 Å². The zero-order valence-electron chi connectivity index (χ0n) is 15.3. The minimum atomic E-state index is -0.237. The van der Waals surface area contributed by atoms with E-state index in [1.807, 2.05) is 11.8 Å². The number of benzene rings is 1. The lowest BCUT2D eigenvalue weighted by Gasteiger charge is -2.30. The van der Waals surface area contributed by atoms with E-state index in [0.29, 0.717) is 24.1 Å². The van der Waals surface area contributed by atoms with Crippen LogP contribution in [-0.2, 0) is 6.42 Å². The van der Waals surface area contributed by atoms with Crippen LogP contribution in [0.15, 0.2) is 30.3 Å². The number of amides is 1. The van der Waals surface area contributed by atoms with Crippen LogP contribution in [0.3, 0.4) is 0 Å². The molecule has 3 rings (SSSR count). The molecule has 138 valence electrons. The average Bonchev–Trinajstić information content (AvgIpc) is 2.63. The van der Waals surface area contributed by atoms with E-state index in [4.69, 9.17) is 0 Å². The number of halogens is 1. The average molecular weight is 356 g/mol. The smallest absolute Gasteiger partial charge is 0.272 e. The molecular formula is C20H25FN4O.